The third kappa shape index (κ3) is 7.07. The molecule has 12 nitrogen and oxygen atoms in total. The Morgan fingerprint density at radius 2 is 2.00 bits per heavy atom. The van der Waals surface area contributed by atoms with Crippen LogP contribution in [0, 0.1) is 0 Å². The summed E-state index contributed by atoms with van der Waals surface area (Å²) in [5.74, 6) is -0.565. The second-order valence-electron chi connectivity index (χ2n) is 8.44. The van der Waals surface area contributed by atoms with Gasteiger partial charge in [0, 0.05) is 12.3 Å². The number of hydrogen-bond donors (Lipinski definition) is 3. The third-order valence-electron chi connectivity index (χ3n) is 5.22. The number of aliphatic hydroxyl groups excluding tert-OH is 1. The van der Waals surface area contributed by atoms with Gasteiger partial charge in [-0.25, -0.2) is 13.8 Å². The minimum absolute atomic E-state index is 0.133. The van der Waals surface area contributed by atoms with Crippen LogP contribution >= 0.6 is 19.3 Å². The molecule has 0 saturated carbocycles. The van der Waals surface area contributed by atoms with Gasteiger partial charge in [0.05, 0.1) is 12.7 Å². The zero-order valence-corrected chi connectivity index (χ0v) is 21.9. The van der Waals surface area contributed by atoms with Crippen molar-refractivity contribution in [3.8, 4) is 5.75 Å². The topological polar surface area (TPSA) is 158 Å². The zero-order chi connectivity index (χ0) is 27.4. The summed E-state index contributed by atoms with van der Waals surface area (Å²) in [6.07, 6.45) is -4.74. The van der Waals surface area contributed by atoms with Crippen molar-refractivity contribution in [2.75, 3.05) is 6.61 Å². The molecule has 204 valence electrons. The molecule has 2 aromatic rings. The molecule has 3 N–H and O–H groups in total. The van der Waals surface area contributed by atoms with Crippen molar-refractivity contribution in [2.24, 2.45) is 0 Å². The van der Waals surface area contributed by atoms with Crippen LogP contribution < -0.4 is 20.9 Å². The number of benzene rings is 1. The fourth-order valence-corrected chi connectivity index (χ4v) is 5.30. The number of para-hydroxylation sites is 1. The molecule has 1 unspecified atom stereocenters. The molecule has 1 saturated heterocycles. The number of alkyl halides is 2. The second-order valence-corrected chi connectivity index (χ2v) is 10.7. The molecule has 3 rings (SSSR count). The SMILES string of the molecule is CC[C@H](NP(=O)(OC[C@H]1O[C@@H](n2ccc(=O)[nH]c2=O)[C@@](F)(Cl)[C@@H]1O)Oc1ccccc1)C(=O)OC(C)C. The number of aromatic nitrogens is 2. The maximum Gasteiger partial charge on any atom is 0.459 e. The Bertz CT molecular complexity index is 1240. The average Bonchev–Trinajstić information content (AvgIpc) is 3.05. The Morgan fingerprint density at radius 3 is 2.59 bits per heavy atom. The van der Waals surface area contributed by atoms with E-state index < -0.39 is 67.3 Å². The van der Waals surface area contributed by atoms with Crippen molar-refractivity contribution in [2.45, 2.75) is 62.9 Å². The molecule has 1 aromatic heterocycles. The predicted molar refractivity (Wildman–Crippen MR) is 130 cm³/mol. The maximum atomic E-state index is 15.3. The third-order valence-corrected chi connectivity index (χ3v) is 7.20. The van der Waals surface area contributed by atoms with Crippen LogP contribution in [-0.2, 0) is 23.4 Å². The Hall–Kier alpha value is -2.54. The van der Waals surface area contributed by atoms with Crippen LogP contribution in [0.25, 0.3) is 0 Å². The molecule has 15 heteroatoms. The summed E-state index contributed by atoms with van der Waals surface area (Å²) in [6.45, 7) is 4.23. The molecule has 0 radical (unpaired) electrons. The number of ether oxygens (including phenoxy) is 2. The summed E-state index contributed by atoms with van der Waals surface area (Å²) in [5.41, 5.74) is -1.76. The van der Waals surface area contributed by atoms with E-state index in [1.807, 2.05) is 4.98 Å². The molecule has 1 aliphatic rings. The van der Waals surface area contributed by atoms with Crippen molar-refractivity contribution < 1.29 is 37.4 Å². The zero-order valence-electron chi connectivity index (χ0n) is 20.2. The lowest BCUT2D eigenvalue weighted by Crippen LogP contribution is -2.42. The molecule has 0 bridgehead atoms. The summed E-state index contributed by atoms with van der Waals surface area (Å²) in [6, 6.07) is 7.78. The predicted octanol–water partition coefficient (Wildman–Crippen LogP) is 2.22. The lowest BCUT2D eigenvalue weighted by Gasteiger charge is -2.26. The maximum absolute atomic E-state index is 15.3. The van der Waals surface area contributed by atoms with E-state index in [9.17, 15) is 24.1 Å². The molecule has 1 aromatic carbocycles. The van der Waals surface area contributed by atoms with E-state index in [1.54, 1.807) is 39.0 Å². The fraction of sp³-hybridized carbons (Fsp3) is 0.500. The van der Waals surface area contributed by atoms with Gasteiger partial charge >= 0.3 is 19.4 Å². The van der Waals surface area contributed by atoms with E-state index in [4.69, 9.17) is 30.1 Å². The number of aliphatic hydroxyl groups is 1. The highest BCUT2D eigenvalue weighted by atomic mass is 35.5. The highest BCUT2D eigenvalue weighted by molar-refractivity contribution is 7.52. The Morgan fingerprint density at radius 1 is 1.32 bits per heavy atom. The number of H-pyrrole nitrogens is 1. The van der Waals surface area contributed by atoms with Gasteiger partial charge in [0.25, 0.3) is 10.7 Å². The van der Waals surface area contributed by atoms with E-state index in [2.05, 4.69) is 5.09 Å². The first-order chi connectivity index (χ1) is 17.4. The first-order valence-electron chi connectivity index (χ1n) is 11.4. The van der Waals surface area contributed by atoms with Gasteiger partial charge in [0.1, 0.15) is 24.0 Å². The van der Waals surface area contributed by atoms with Crippen LogP contribution in [0.2, 0.25) is 0 Å². The number of nitrogens with one attached hydrogen (secondary N) is 2. The Labute approximate surface area is 216 Å². The summed E-state index contributed by atoms with van der Waals surface area (Å²) in [5, 5.41) is 9.99. The van der Waals surface area contributed by atoms with Gasteiger partial charge in [-0.3, -0.25) is 23.7 Å². The molecular weight excluding hydrogens is 536 g/mol. The number of aromatic amines is 1. The van der Waals surface area contributed by atoms with Crippen molar-refractivity contribution in [3.05, 3.63) is 63.4 Å². The largest absolute Gasteiger partial charge is 0.462 e. The lowest BCUT2D eigenvalue weighted by atomic mass is 10.1. The fourth-order valence-electron chi connectivity index (χ4n) is 3.42. The molecule has 1 aliphatic heterocycles. The monoisotopic (exact) mass is 563 g/mol. The highest BCUT2D eigenvalue weighted by Gasteiger charge is 2.58. The van der Waals surface area contributed by atoms with Gasteiger partial charge < -0.3 is 19.1 Å². The van der Waals surface area contributed by atoms with Gasteiger partial charge in [-0.1, -0.05) is 36.7 Å². The second kappa shape index (κ2) is 11.9. The van der Waals surface area contributed by atoms with Gasteiger partial charge in [0.2, 0.25) is 0 Å². The molecular formula is C22H28ClFN3O9P. The molecule has 0 amide bonds. The molecule has 2 heterocycles. The molecule has 1 fully saturated rings. The first kappa shape index (κ1) is 29.0. The van der Waals surface area contributed by atoms with E-state index in [0.717, 1.165) is 12.3 Å². The normalized spacial score (nSPS) is 26.0. The van der Waals surface area contributed by atoms with Gasteiger partial charge in [-0.05, 0) is 32.4 Å². The summed E-state index contributed by atoms with van der Waals surface area (Å²) >= 11 is 5.88. The average molecular weight is 564 g/mol. The summed E-state index contributed by atoms with van der Waals surface area (Å²) in [4.78, 5) is 37.8. The Kier molecular flexibility index (Phi) is 9.32. The van der Waals surface area contributed by atoms with E-state index in [1.165, 1.54) is 12.1 Å². The van der Waals surface area contributed by atoms with Crippen LogP contribution in [0.4, 0.5) is 4.39 Å². The number of halogens is 2. The van der Waals surface area contributed by atoms with E-state index in [-0.39, 0.29) is 12.2 Å². The van der Waals surface area contributed by atoms with Crippen molar-refractivity contribution in [1.82, 2.24) is 14.6 Å². The molecule has 6 atom stereocenters. The quantitative estimate of drug-likeness (QED) is 0.210. The van der Waals surface area contributed by atoms with E-state index in [0.29, 0.717) is 4.57 Å². The number of nitrogens with zero attached hydrogens (tertiary/aromatic N) is 1. The smallest absolute Gasteiger partial charge is 0.459 e. The first-order valence-corrected chi connectivity index (χ1v) is 13.3. The van der Waals surface area contributed by atoms with Crippen LogP contribution in [-0.4, -0.2) is 56.7 Å². The summed E-state index contributed by atoms with van der Waals surface area (Å²) in [7, 11) is -4.36. The number of carbonyl (C=O) groups excluding carboxylic acids is 1. The molecule has 0 aliphatic carbocycles. The number of carbonyl (C=O) groups is 1. The van der Waals surface area contributed by atoms with Gasteiger partial charge in [-0.15, -0.1) is 0 Å². The lowest BCUT2D eigenvalue weighted by molar-refractivity contribution is -0.149. The Balaban J connectivity index is 1.82. The minimum Gasteiger partial charge on any atom is -0.462 e. The van der Waals surface area contributed by atoms with Crippen molar-refractivity contribution in [3.63, 3.8) is 0 Å². The number of esters is 1. The van der Waals surface area contributed by atoms with Gasteiger partial charge in [-0.2, -0.15) is 5.09 Å². The highest BCUT2D eigenvalue weighted by Crippen LogP contribution is 2.48. The van der Waals surface area contributed by atoms with Crippen molar-refractivity contribution >= 4 is 25.3 Å². The molecule has 37 heavy (non-hydrogen) atoms. The van der Waals surface area contributed by atoms with Crippen LogP contribution in [0.1, 0.15) is 33.4 Å². The molecule has 0 spiro atoms. The minimum atomic E-state index is -4.36. The van der Waals surface area contributed by atoms with E-state index >= 15 is 4.39 Å². The summed E-state index contributed by atoms with van der Waals surface area (Å²) < 4.78 is 51.2. The van der Waals surface area contributed by atoms with Crippen LogP contribution in [0.15, 0.2) is 52.2 Å². The van der Waals surface area contributed by atoms with Crippen LogP contribution in [0.3, 0.4) is 0 Å². The van der Waals surface area contributed by atoms with Crippen molar-refractivity contribution in [1.29, 1.82) is 0 Å². The standard InChI is InChI=1S/C22H28ClFN3O9P/c1-4-15(19(30)34-13(2)3)26-37(32,36-14-8-6-5-7-9-14)33-12-16-18(29)22(23,24)20(35-16)27-11-10-17(28)25-21(27)31/h5-11,13,15-16,18,20,29H,4,12H2,1-3H3,(H,26,32)(H,25,28,31)/t15-,16+,18+,20+,22+,37?/m0/s1. The van der Waals surface area contributed by atoms with Gasteiger partial charge in [0.15, 0.2) is 6.23 Å². The number of rotatable bonds is 11. The number of hydrogen-bond acceptors (Lipinski definition) is 9. The van der Waals surface area contributed by atoms with Crippen LogP contribution in [0.5, 0.6) is 5.75 Å².